The molecule has 6 heteroatoms. The van der Waals surface area contributed by atoms with Crippen molar-refractivity contribution >= 4 is 75.5 Å². The summed E-state index contributed by atoms with van der Waals surface area (Å²) in [5.74, 6) is 0.736. The van der Waals surface area contributed by atoms with E-state index in [2.05, 4.69) is 247 Å². The number of benzene rings is 15. The second-order valence-electron chi connectivity index (χ2n) is 23.4. The number of nitrogens with zero attached hydrogens (tertiary/aromatic N) is 3. The molecule has 5 nitrogen and oxygen atoms in total. The molecule has 0 saturated carbocycles. The Morgan fingerprint density at radius 3 is 1.31 bits per heavy atom. The third-order valence-corrected chi connectivity index (χ3v) is 17.8. The Morgan fingerprint density at radius 1 is 0.302 bits per heavy atom. The molecule has 15 aromatic carbocycles. The quantitative estimate of drug-likeness (QED) is 0.0863. The molecular formula is C90H60LiN4O+. The van der Waals surface area contributed by atoms with Crippen molar-refractivity contribution in [3.05, 3.63) is 358 Å². The van der Waals surface area contributed by atoms with E-state index >= 15 is 0 Å². The van der Waals surface area contributed by atoms with Crippen LogP contribution in [0.25, 0.3) is 165 Å². The van der Waals surface area contributed by atoms with Crippen molar-refractivity contribution in [1.29, 1.82) is 0 Å². The molecule has 18 rings (SSSR count). The molecule has 0 unspecified atom stereocenters. The van der Waals surface area contributed by atoms with Crippen LogP contribution in [0.15, 0.2) is 358 Å². The van der Waals surface area contributed by atoms with E-state index in [-0.39, 0.29) is 60.4 Å². The van der Waals surface area contributed by atoms with Crippen LogP contribution in [0, 0.1) is 0 Å². The third-order valence-electron chi connectivity index (χ3n) is 17.8. The van der Waals surface area contributed by atoms with Crippen molar-refractivity contribution in [2.45, 2.75) is 0 Å². The predicted molar refractivity (Wildman–Crippen MR) is 395 cm³/mol. The normalized spacial score (nSPS) is 11.8. The number of H-pyrrole nitrogens is 1. The van der Waals surface area contributed by atoms with E-state index in [1.807, 2.05) is 66.9 Å². The second-order valence-corrected chi connectivity index (χ2v) is 23.4. The van der Waals surface area contributed by atoms with Crippen LogP contribution in [-0.4, -0.2) is 15.0 Å². The first-order chi connectivity index (χ1) is 49.1. The van der Waals surface area contributed by atoms with Crippen molar-refractivity contribution < 1.29 is 35.8 Å². The topological polar surface area (TPSA) is 75.9 Å². The summed E-state index contributed by atoms with van der Waals surface area (Å²) < 4.78 is 42.3. The zero-order valence-corrected chi connectivity index (χ0v) is 52.4. The predicted octanol–water partition coefficient (Wildman–Crippen LogP) is 19.5. The van der Waals surface area contributed by atoms with Crippen LogP contribution < -0.4 is 29.0 Å². The molecule has 0 bridgehead atoms. The molecule has 3 heterocycles. The summed E-state index contributed by atoms with van der Waals surface area (Å²) >= 11 is 0. The summed E-state index contributed by atoms with van der Waals surface area (Å²) in [5, 5.41) is 25.4. The molecule has 0 fully saturated rings. The minimum atomic E-state index is -0.387. The Bertz CT molecular complexity index is 5930. The number of nitrogens with one attached hydrogen (secondary N) is 1. The first kappa shape index (κ1) is 54.5. The first-order valence-corrected chi connectivity index (χ1v) is 31.7. The van der Waals surface area contributed by atoms with Gasteiger partial charge in [0.1, 0.15) is 0 Å². The average Bonchev–Trinajstić information content (AvgIpc) is 0.717. The molecule has 18 aromatic rings. The molecule has 0 aliphatic carbocycles. The summed E-state index contributed by atoms with van der Waals surface area (Å²) in [4.78, 5) is 17.5. The van der Waals surface area contributed by atoms with Crippen molar-refractivity contribution in [2.75, 3.05) is 0 Å². The van der Waals surface area contributed by atoms with Crippen LogP contribution >= 0.6 is 0 Å². The van der Waals surface area contributed by atoms with Crippen LogP contribution in [0.1, 0.15) is 6.85 Å². The van der Waals surface area contributed by atoms with Gasteiger partial charge in [0.05, 0.1) is 18.2 Å². The molecular weight excluding hydrogens is 1160 g/mol. The molecule has 0 spiro atoms. The molecule has 0 aliphatic rings. The van der Waals surface area contributed by atoms with Gasteiger partial charge in [0, 0.05) is 40.5 Å². The third kappa shape index (κ3) is 11.8. The SMILES string of the molecule is [2H]c1c([2H])c([2H])c(-c2c3ccccc3c(-c3cc4ccccc4c4ccccc34)c3ccccc23)c([2H])c1[2H].[Li+].[O-]c1cccc2ccc[nH+]c12.c1cncc(-c2ccc(-c3cc(-c4ccc(-c5cccc6ccccc56)cc4)nc(-c4ccc(-c5cccc6ccccc56)cc4)n3)cc2)c1. The fourth-order valence-electron chi connectivity index (χ4n) is 13.3. The second kappa shape index (κ2) is 26.9. The Morgan fingerprint density at radius 2 is 0.750 bits per heavy atom. The summed E-state index contributed by atoms with van der Waals surface area (Å²) in [6, 6.07) is 105. The van der Waals surface area contributed by atoms with Gasteiger partial charge in [-0.1, -0.05) is 303 Å². The largest absolute Gasteiger partial charge is 1.00 e. The van der Waals surface area contributed by atoms with Gasteiger partial charge in [0.15, 0.2) is 12.0 Å². The number of fused-ring (bicyclic) bond motifs is 8. The van der Waals surface area contributed by atoms with Gasteiger partial charge < -0.3 is 5.11 Å². The molecule has 96 heavy (non-hydrogen) atoms. The van der Waals surface area contributed by atoms with Gasteiger partial charge in [0.2, 0.25) is 5.52 Å². The number of pyridine rings is 2. The number of aromatic amines is 1. The molecule has 3 aromatic heterocycles. The number of rotatable bonds is 8. The number of para-hydroxylation sites is 1. The summed E-state index contributed by atoms with van der Waals surface area (Å²) in [6.45, 7) is 0. The minimum absolute atomic E-state index is 0. The van der Waals surface area contributed by atoms with E-state index in [4.69, 9.17) is 16.8 Å². The number of aromatic nitrogens is 4. The first-order valence-electron chi connectivity index (χ1n) is 34.2. The molecule has 0 atom stereocenters. The van der Waals surface area contributed by atoms with Crippen molar-refractivity contribution in [3.63, 3.8) is 0 Å². The fraction of sp³-hybridized carbons (Fsp3) is 0. The van der Waals surface area contributed by atoms with E-state index < -0.39 is 0 Å². The summed E-state index contributed by atoms with van der Waals surface area (Å²) in [6.07, 6.45) is 5.44. The Balaban J connectivity index is 0.000000143. The van der Waals surface area contributed by atoms with Crippen LogP contribution in [0.4, 0.5) is 0 Å². The van der Waals surface area contributed by atoms with E-state index in [0.717, 1.165) is 93.6 Å². The number of hydrogen-bond acceptors (Lipinski definition) is 4. The van der Waals surface area contributed by atoms with Crippen molar-refractivity contribution in [2.24, 2.45) is 0 Å². The van der Waals surface area contributed by atoms with Gasteiger partial charge >= 0.3 is 18.9 Å². The monoisotopic (exact) mass is 1220 g/mol. The van der Waals surface area contributed by atoms with Gasteiger partial charge in [-0.2, -0.15) is 0 Å². The molecule has 0 amide bonds. The summed E-state index contributed by atoms with van der Waals surface area (Å²) in [7, 11) is 0. The minimum Gasteiger partial charge on any atom is -0.868 e. The van der Waals surface area contributed by atoms with Crippen LogP contribution in [0.5, 0.6) is 5.75 Å². The maximum absolute atomic E-state index is 11.1. The molecule has 1 N–H and O–H groups in total. The Kier molecular flexibility index (Phi) is 15.2. The number of hydrogen-bond donors (Lipinski definition) is 0. The van der Waals surface area contributed by atoms with E-state index in [0.29, 0.717) is 16.9 Å². The molecule has 0 aliphatic heterocycles. The Hall–Kier alpha value is -12.1. The van der Waals surface area contributed by atoms with E-state index in [9.17, 15) is 5.11 Å². The van der Waals surface area contributed by atoms with Gasteiger partial charge in [0.25, 0.3) is 0 Å². The van der Waals surface area contributed by atoms with E-state index in [1.165, 1.54) is 49.0 Å². The van der Waals surface area contributed by atoms with Gasteiger partial charge in [-0.25, -0.2) is 15.0 Å². The zero-order valence-electron chi connectivity index (χ0n) is 57.4. The van der Waals surface area contributed by atoms with Crippen molar-refractivity contribution in [3.8, 4) is 95.3 Å². The molecule has 0 radical (unpaired) electrons. The van der Waals surface area contributed by atoms with Gasteiger partial charge in [-0.15, -0.1) is 0 Å². The van der Waals surface area contributed by atoms with Crippen LogP contribution in [0.2, 0.25) is 0 Å². The van der Waals surface area contributed by atoms with Crippen molar-refractivity contribution in [1.82, 2.24) is 15.0 Å². The fourth-order valence-corrected chi connectivity index (χ4v) is 13.3. The standard InChI is InChI=1S/C47H31N3.C34H22.C9H7NO.Li/c1-3-13-41-33(8-1)10-5-15-43(41)35-19-25-38(26-20-35)46-30-45(37-23-17-32(18-24-37)40-12-7-29-48-31-40)49-47(50-46)39-27-21-36(22-28-39)44-16-6-11-34-9-2-4-14-42(34)44;1-2-12-23(13-3-1)33-28-18-8-10-20-30(28)34(31-21-11-9-19-29(31)33)32-22-24-14-4-5-15-25(24)26-16-6-7-17-27(26)32;11-8-5-1-3-7-4-2-6-10-9(7)8;/h1-31H;1-22H;1-6,11H;/q;;;+1/i;1D,2D,3D,12D,13D;;. The maximum atomic E-state index is 11.1. The maximum Gasteiger partial charge on any atom is 1.00 e. The van der Waals surface area contributed by atoms with Crippen LogP contribution in [-0.2, 0) is 0 Å². The van der Waals surface area contributed by atoms with Gasteiger partial charge in [-0.05, 0) is 156 Å². The van der Waals surface area contributed by atoms with Gasteiger partial charge in [-0.3, -0.25) is 4.98 Å². The zero-order chi connectivity index (χ0) is 67.8. The van der Waals surface area contributed by atoms with Crippen LogP contribution in [0.3, 0.4) is 0 Å². The smallest absolute Gasteiger partial charge is 0.868 e. The average molecular weight is 1230 g/mol. The molecule has 446 valence electrons. The Labute approximate surface area is 576 Å². The van der Waals surface area contributed by atoms with E-state index in [1.54, 1.807) is 24.5 Å². The summed E-state index contributed by atoms with van der Waals surface area (Å²) in [5.41, 5.74) is 15.5. The molecule has 0 saturated heterocycles.